The summed E-state index contributed by atoms with van der Waals surface area (Å²) in [5, 5.41) is 22.6. The summed E-state index contributed by atoms with van der Waals surface area (Å²) in [4.78, 5) is 0. The van der Waals surface area contributed by atoms with Crippen LogP contribution in [0.4, 0.5) is 0 Å². The number of hydrogen-bond acceptors (Lipinski definition) is 2. The first-order valence-corrected chi connectivity index (χ1v) is 16.8. The normalized spacial score (nSPS) is 11.8. The quantitative estimate of drug-likeness (QED) is 0.194. The largest absolute Gasteiger partial charge is 0.309 e. The molecule has 7 aromatic rings. The summed E-state index contributed by atoms with van der Waals surface area (Å²) >= 11 is 0. The first-order valence-electron chi connectivity index (χ1n) is 16.8. The lowest BCUT2D eigenvalue weighted by Gasteiger charge is -2.21. The second-order valence-electron chi connectivity index (χ2n) is 14.9. The van der Waals surface area contributed by atoms with Crippen molar-refractivity contribution in [3.05, 3.63) is 150 Å². The van der Waals surface area contributed by atoms with Crippen molar-refractivity contribution in [1.29, 1.82) is 10.5 Å². The standard InChI is InChI=1S/C46H39N3/c1-45(2,3)34-19-21-42-40(24-34)41-25-35(46(4,5)6)20-22-43(41)49(42)44-27-37(31-13-9-7-10-14-31)39(26-38(44)32-15-11-8-12-16-32)36-23-30(28-47)17-18-33(36)29-48/h7-27H,1-6H3. The van der Waals surface area contributed by atoms with Crippen molar-refractivity contribution >= 4 is 21.8 Å². The van der Waals surface area contributed by atoms with Gasteiger partial charge in [-0.2, -0.15) is 10.5 Å². The van der Waals surface area contributed by atoms with Gasteiger partial charge < -0.3 is 4.57 Å². The summed E-state index contributed by atoms with van der Waals surface area (Å²) in [5.74, 6) is 0. The van der Waals surface area contributed by atoms with Crippen LogP contribution in [0.15, 0.2) is 127 Å². The molecule has 238 valence electrons. The van der Waals surface area contributed by atoms with Gasteiger partial charge in [0.15, 0.2) is 0 Å². The van der Waals surface area contributed by atoms with Crippen LogP contribution in [-0.4, -0.2) is 4.57 Å². The molecule has 0 fully saturated rings. The molecule has 0 saturated carbocycles. The van der Waals surface area contributed by atoms with Crippen molar-refractivity contribution in [2.45, 2.75) is 52.4 Å². The zero-order valence-corrected chi connectivity index (χ0v) is 29.0. The Morgan fingerprint density at radius 1 is 0.469 bits per heavy atom. The maximum absolute atomic E-state index is 10.3. The molecule has 0 bridgehead atoms. The molecule has 7 rings (SSSR count). The minimum Gasteiger partial charge on any atom is -0.309 e. The minimum absolute atomic E-state index is 0.00199. The van der Waals surface area contributed by atoms with Gasteiger partial charge >= 0.3 is 0 Å². The molecule has 0 aliphatic rings. The second kappa shape index (κ2) is 12.0. The third-order valence-electron chi connectivity index (χ3n) is 9.60. The maximum Gasteiger partial charge on any atom is 0.0998 e. The average molecular weight is 634 g/mol. The zero-order chi connectivity index (χ0) is 34.5. The van der Waals surface area contributed by atoms with Crippen LogP contribution in [-0.2, 0) is 10.8 Å². The highest BCUT2D eigenvalue weighted by Gasteiger charge is 2.24. The molecule has 0 amide bonds. The Morgan fingerprint density at radius 3 is 1.49 bits per heavy atom. The van der Waals surface area contributed by atoms with Gasteiger partial charge in [0, 0.05) is 21.9 Å². The monoisotopic (exact) mass is 633 g/mol. The number of aromatic nitrogens is 1. The molecule has 0 radical (unpaired) electrons. The van der Waals surface area contributed by atoms with Gasteiger partial charge in [0.2, 0.25) is 0 Å². The van der Waals surface area contributed by atoms with Gasteiger partial charge in [-0.1, -0.05) is 114 Å². The van der Waals surface area contributed by atoms with E-state index >= 15 is 0 Å². The van der Waals surface area contributed by atoms with Crippen LogP contribution < -0.4 is 0 Å². The Labute approximate surface area is 289 Å². The van der Waals surface area contributed by atoms with Gasteiger partial charge in [0.1, 0.15) is 0 Å². The van der Waals surface area contributed by atoms with E-state index in [2.05, 4.69) is 143 Å². The van der Waals surface area contributed by atoms with Crippen LogP contribution in [0.5, 0.6) is 0 Å². The second-order valence-corrected chi connectivity index (χ2v) is 14.9. The molecular weight excluding hydrogens is 595 g/mol. The van der Waals surface area contributed by atoms with Gasteiger partial charge in [-0.05, 0) is 98.8 Å². The minimum atomic E-state index is -0.00199. The number of benzene rings is 6. The van der Waals surface area contributed by atoms with Crippen LogP contribution in [0.25, 0.3) is 60.9 Å². The Morgan fingerprint density at radius 2 is 1.00 bits per heavy atom. The van der Waals surface area contributed by atoms with E-state index in [9.17, 15) is 10.5 Å². The SMILES string of the molecule is CC(C)(C)c1ccc2c(c1)c1cc(C(C)(C)C)ccc1n2-c1cc(-c2ccccc2)c(-c2cc(C#N)ccc2C#N)cc1-c1ccccc1. The van der Waals surface area contributed by atoms with Crippen LogP contribution in [0.1, 0.15) is 63.8 Å². The van der Waals surface area contributed by atoms with Gasteiger partial charge in [-0.25, -0.2) is 0 Å². The molecule has 3 nitrogen and oxygen atoms in total. The van der Waals surface area contributed by atoms with E-state index in [1.54, 1.807) is 12.1 Å². The molecule has 0 N–H and O–H groups in total. The molecule has 6 aromatic carbocycles. The van der Waals surface area contributed by atoms with Crippen molar-refractivity contribution in [3.63, 3.8) is 0 Å². The van der Waals surface area contributed by atoms with Crippen LogP contribution in [0.3, 0.4) is 0 Å². The molecule has 49 heavy (non-hydrogen) atoms. The van der Waals surface area contributed by atoms with Crippen LogP contribution >= 0.6 is 0 Å². The molecule has 0 atom stereocenters. The molecule has 0 spiro atoms. The number of nitriles is 2. The van der Waals surface area contributed by atoms with Crippen molar-refractivity contribution in [3.8, 4) is 51.2 Å². The van der Waals surface area contributed by atoms with Crippen LogP contribution in [0, 0.1) is 22.7 Å². The summed E-state index contributed by atoms with van der Waals surface area (Å²) < 4.78 is 2.42. The molecule has 1 aromatic heterocycles. The van der Waals surface area contributed by atoms with E-state index in [0.29, 0.717) is 11.1 Å². The highest BCUT2D eigenvalue weighted by Crippen LogP contribution is 2.44. The molecular formula is C46H39N3. The summed E-state index contributed by atoms with van der Waals surface area (Å²) in [6.07, 6.45) is 0. The number of rotatable bonds is 4. The third-order valence-corrected chi connectivity index (χ3v) is 9.60. The van der Waals surface area contributed by atoms with E-state index in [-0.39, 0.29) is 10.8 Å². The smallest absolute Gasteiger partial charge is 0.0998 e. The van der Waals surface area contributed by atoms with E-state index in [4.69, 9.17) is 0 Å². The molecule has 3 heteroatoms. The fourth-order valence-electron chi connectivity index (χ4n) is 6.85. The van der Waals surface area contributed by atoms with E-state index in [1.807, 2.05) is 30.3 Å². The first-order chi connectivity index (χ1) is 23.5. The summed E-state index contributed by atoms with van der Waals surface area (Å²) in [6.45, 7) is 13.6. The van der Waals surface area contributed by atoms with Crippen LogP contribution in [0.2, 0.25) is 0 Å². The first kappa shape index (κ1) is 31.7. The van der Waals surface area contributed by atoms with Gasteiger partial charge in [-0.15, -0.1) is 0 Å². The van der Waals surface area contributed by atoms with E-state index < -0.39 is 0 Å². The maximum atomic E-state index is 10.3. The lowest BCUT2D eigenvalue weighted by molar-refractivity contribution is 0.590. The molecule has 0 saturated heterocycles. The predicted octanol–water partition coefficient (Wildman–Crippen LogP) is 12.1. The Balaban J connectivity index is 1.66. The summed E-state index contributed by atoms with van der Waals surface area (Å²) in [6, 6.07) is 49.1. The molecule has 1 heterocycles. The number of fused-ring (bicyclic) bond motifs is 3. The zero-order valence-electron chi connectivity index (χ0n) is 29.0. The molecule has 0 unspecified atom stereocenters. The van der Waals surface area contributed by atoms with Crippen molar-refractivity contribution < 1.29 is 0 Å². The van der Waals surface area contributed by atoms with E-state index in [0.717, 1.165) is 50.1 Å². The van der Waals surface area contributed by atoms with Crippen molar-refractivity contribution in [1.82, 2.24) is 4.57 Å². The van der Waals surface area contributed by atoms with Crippen molar-refractivity contribution in [2.75, 3.05) is 0 Å². The molecule has 0 aliphatic carbocycles. The van der Waals surface area contributed by atoms with Gasteiger partial charge in [0.25, 0.3) is 0 Å². The van der Waals surface area contributed by atoms with Gasteiger partial charge in [-0.3, -0.25) is 0 Å². The lowest BCUT2D eigenvalue weighted by Crippen LogP contribution is -2.10. The topological polar surface area (TPSA) is 52.5 Å². The highest BCUT2D eigenvalue weighted by molar-refractivity contribution is 6.11. The number of nitrogens with zero attached hydrogens (tertiary/aromatic N) is 3. The molecule has 0 aliphatic heterocycles. The van der Waals surface area contributed by atoms with Crippen molar-refractivity contribution in [2.24, 2.45) is 0 Å². The fraction of sp³-hybridized carbons (Fsp3) is 0.174. The van der Waals surface area contributed by atoms with Gasteiger partial charge in [0.05, 0.1) is 40.0 Å². The van der Waals surface area contributed by atoms with E-state index in [1.165, 1.54) is 21.9 Å². The average Bonchev–Trinajstić information content (AvgIpc) is 3.44. The Bertz CT molecular complexity index is 2380. The lowest BCUT2D eigenvalue weighted by atomic mass is 9.85. The number of hydrogen-bond donors (Lipinski definition) is 0. The summed E-state index contributed by atoms with van der Waals surface area (Å²) in [5.41, 5.74) is 12.8. The predicted molar refractivity (Wildman–Crippen MR) is 204 cm³/mol. The third kappa shape index (κ3) is 5.69. The Kier molecular flexibility index (Phi) is 7.74. The highest BCUT2D eigenvalue weighted by atomic mass is 15.0. The summed E-state index contributed by atoms with van der Waals surface area (Å²) in [7, 11) is 0. The fourth-order valence-corrected chi connectivity index (χ4v) is 6.85. The Hall–Kier alpha value is -5.90.